The minimum absolute atomic E-state index is 0.0118. The van der Waals surface area contributed by atoms with Gasteiger partial charge in [-0.05, 0) is 103 Å². The van der Waals surface area contributed by atoms with Crippen LogP contribution < -0.4 is 0 Å². The minimum Gasteiger partial charge on any atom is -0.388 e. The Kier molecular flexibility index (Phi) is 18.3. The first-order valence-electron chi connectivity index (χ1n) is 24.8. The molecule has 0 bridgehead atoms. The van der Waals surface area contributed by atoms with E-state index in [1.165, 1.54) is 0 Å². The maximum absolute atomic E-state index is 10.9. The average Bonchev–Trinajstić information content (AvgIpc) is 3.22. The number of hydrogen-bond acceptors (Lipinski definition) is 12. The zero-order valence-electron chi connectivity index (χ0n) is 42.3. The summed E-state index contributed by atoms with van der Waals surface area (Å²) in [6.07, 6.45) is -3.63. The highest BCUT2D eigenvalue weighted by atomic mass is 16.8. The van der Waals surface area contributed by atoms with Crippen LogP contribution in [0.5, 0.6) is 0 Å². The summed E-state index contributed by atoms with van der Waals surface area (Å²) in [5, 5.41) is 21.7. The third-order valence-electron chi connectivity index (χ3n) is 17.9. The van der Waals surface area contributed by atoms with Crippen molar-refractivity contribution in [3.05, 3.63) is 0 Å². The molecule has 0 aromatic heterocycles. The standard InChI is InChI=1S/2C25H46O6/c2*1-11-13(3)21(26)24(28-17(11)7)31-23-14(4)12(2)18(8)29-25(23)30-22-15(5)19(9)27-20(10)16(22)6/h2*11-26H,1-10H3/t2*11-,12-,13+,14+,15+,16?,17?,18?,19?,20+,21?,22?,23?,24+,25+/m11/s1. The molecule has 0 spiro atoms. The Morgan fingerprint density at radius 3 is 0.710 bits per heavy atom. The summed E-state index contributed by atoms with van der Waals surface area (Å²) in [6.45, 7) is 42.6. The number of aliphatic hydroxyl groups excluding tert-OH is 2. The van der Waals surface area contributed by atoms with Gasteiger partial charge >= 0.3 is 0 Å². The predicted octanol–water partition coefficient (Wildman–Crippen LogP) is 8.46. The van der Waals surface area contributed by atoms with Gasteiger partial charge in [-0.25, -0.2) is 0 Å². The van der Waals surface area contributed by atoms with Gasteiger partial charge in [0.05, 0.1) is 61.0 Å². The molecule has 6 rings (SSSR count). The van der Waals surface area contributed by atoms with Gasteiger partial charge in [-0.15, -0.1) is 0 Å². The van der Waals surface area contributed by atoms with Crippen LogP contribution in [0.25, 0.3) is 0 Å². The van der Waals surface area contributed by atoms with Gasteiger partial charge < -0.3 is 57.6 Å². The maximum atomic E-state index is 10.9. The van der Waals surface area contributed by atoms with E-state index in [0.717, 1.165) is 0 Å². The fourth-order valence-corrected chi connectivity index (χ4v) is 10.7. The van der Waals surface area contributed by atoms with E-state index in [1.54, 1.807) is 0 Å². The smallest absolute Gasteiger partial charge is 0.184 e. The van der Waals surface area contributed by atoms with Crippen molar-refractivity contribution in [2.45, 2.75) is 249 Å². The second kappa shape index (κ2) is 21.6. The van der Waals surface area contributed by atoms with E-state index >= 15 is 0 Å². The first-order chi connectivity index (χ1) is 28.9. The summed E-state index contributed by atoms with van der Waals surface area (Å²) in [6, 6.07) is 0. The third-order valence-corrected chi connectivity index (χ3v) is 17.9. The number of aliphatic hydroxyl groups is 2. The van der Waals surface area contributed by atoms with Crippen molar-refractivity contribution >= 4 is 0 Å². The monoisotopic (exact) mass is 885 g/mol. The first-order valence-corrected chi connectivity index (χ1v) is 24.8. The molecule has 0 saturated carbocycles. The Hall–Kier alpha value is -0.480. The lowest BCUT2D eigenvalue weighted by Crippen LogP contribution is -2.58. The Balaban J connectivity index is 0.000000234. The molecule has 6 saturated heterocycles. The lowest BCUT2D eigenvalue weighted by molar-refractivity contribution is -0.356. The van der Waals surface area contributed by atoms with E-state index in [2.05, 4.69) is 138 Å². The van der Waals surface area contributed by atoms with Crippen LogP contribution in [0.2, 0.25) is 0 Å². The fourth-order valence-electron chi connectivity index (χ4n) is 10.7. The largest absolute Gasteiger partial charge is 0.388 e. The lowest BCUT2D eigenvalue weighted by atomic mass is 9.82. The topological polar surface area (TPSA) is 133 Å². The highest BCUT2D eigenvalue weighted by molar-refractivity contribution is 4.93. The molecule has 12 nitrogen and oxygen atoms in total. The van der Waals surface area contributed by atoms with Gasteiger partial charge in [0.25, 0.3) is 0 Å². The Labute approximate surface area is 376 Å². The van der Waals surface area contributed by atoms with E-state index in [-0.39, 0.29) is 132 Å². The number of rotatable bonds is 8. The van der Waals surface area contributed by atoms with Gasteiger partial charge in [0, 0.05) is 23.7 Å². The molecule has 0 aromatic carbocycles. The van der Waals surface area contributed by atoms with Crippen molar-refractivity contribution in [2.75, 3.05) is 0 Å². The highest BCUT2D eigenvalue weighted by Crippen LogP contribution is 2.43. The molecule has 0 amide bonds. The molecule has 2 N–H and O–H groups in total. The van der Waals surface area contributed by atoms with Crippen LogP contribution in [0, 0.1) is 71.0 Å². The maximum Gasteiger partial charge on any atom is 0.184 e. The van der Waals surface area contributed by atoms with Crippen LogP contribution in [0.4, 0.5) is 0 Å². The molecular formula is C50H92O12. The number of hydrogen-bond donors (Lipinski definition) is 2. The van der Waals surface area contributed by atoms with Crippen LogP contribution >= 0.6 is 0 Å². The molecule has 0 aliphatic carbocycles. The molecule has 6 heterocycles. The average molecular weight is 885 g/mol. The van der Waals surface area contributed by atoms with E-state index in [4.69, 9.17) is 47.4 Å². The first kappa shape index (κ1) is 52.5. The second-order valence-electron chi connectivity index (χ2n) is 21.6. The van der Waals surface area contributed by atoms with Crippen LogP contribution in [0.3, 0.4) is 0 Å². The van der Waals surface area contributed by atoms with Gasteiger partial charge in [-0.3, -0.25) is 0 Å². The minimum atomic E-state index is -0.675. The molecule has 12 heteroatoms. The molecule has 6 fully saturated rings. The van der Waals surface area contributed by atoms with Gasteiger partial charge in [0.1, 0.15) is 24.4 Å². The van der Waals surface area contributed by atoms with Crippen molar-refractivity contribution in [3.63, 3.8) is 0 Å². The quantitative estimate of drug-likeness (QED) is 0.243. The summed E-state index contributed by atoms with van der Waals surface area (Å²) >= 11 is 0. The SMILES string of the molecule is CC1O[C@@H](C)C(C)C(O[C@@H]2OC(C)[C@H](C)[C@H](C)C2O[C@@H]2OC(C)[C@H](C)[C@H](C)C2O)[C@H]1C.CC1O[C@@H](C)C(C)C(O[C@@H]2OC(C)[C@H](C)[C@H](C)C2O[C@@H]2OC(C)[C@H](C)[C@H](C)C2O)[C@H]1C. The van der Waals surface area contributed by atoms with E-state index < -0.39 is 37.4 Å². The molecule has 30 atom stereocenters. The van der Waals surface area contributed by atoms with Crippen molar-refractivity contribution in [2.24, 2.45) is 71.0 Å². The zero-order valence-corrected chi connectivity index (χ0v) is 42.3. The van der Waals surface area contributed by atoms with Crippen molar-refractivity contribution in [1.29, 1.82) is 0 Å². The Bertz CT molecular complexity index is 1240. The second-order valence-corrected chi connectivity index (χ2v) is 21.6. The Morgan fingerprint density at radius 2 is 0.435 bits per heavy atom. The third kappa shape index (κ3) is 11.1. The highest BCUT2D eigenvalue weighted by Gasteiger charge is 2.51. The van der Waals surface area contributed by atoms with Gasteiger partial charge in [0.2, 0.25) is 0 Å². The molecule has 6 aliphatic rings. The van der Waals surface area contributed by atoms with Gasteiger partial charge in [0.15, 0.2) is 25.2 Å². The molecule has 0 radical (unpaired) electrons. The normalized spacial score (nSPS) is 56.4. The summed E-state index contributed by atoms with van der Waals surface area (Å²) in [5.41, 5.74) is 0. The predicted molar refractivity (Wildman–Crippen MR) is 239 cm³/mol. The summed E-state index contributed by atoms with van der Waals surface area (Å²) in [4.78, 5) is 0. The number of ether oxygens (including phenoxy) is 10. The molecule has 6 aliphatic heterocycles. The molecule has 0 aromatic rings. The molecule has 364 valence electrons. The van der Waals surface area contributed by atoms with E-state index in [0.29, 0.717) is 11.8 Å². The van der Waals surface area contributed by atoms with Crippen LogP contribution in [-0.2, 0) is 47.4 Å². The van der Waals surface area contributed by atoms with E-state index in [1.807, 2.05) is 0 Å². The van der Waals surface area contributed by atoms with Crippen molar-refractivity contribution < 1.29 is 57.6 Å². The van der Waals surface area contributed by atoms with Crippen LogP contribution in [-0.4, -0.2) is 121 Å². The fraction of sp³-hybridized carbons (Fsp3) is 1.00. The lowest BCUT2D eigenvalue weighted by Gasteiger charge is -2.50. The van der Waals surface area contributed by atoms with Crippen LogP contribution in [0.15, 0.2) is 0 Å². The van der Waals surface area contributed by atoms with Crippen molar-refractivity contribution in [3.8, 4) is 0 Å². The molecular weight excluding hydrogens is 793 g/mol. The molecule has 62 heavy (non-hydrogen) atoms. The summed E-state index contributed by atoms with van der Waals surface area (Å²) < 4.78 is 63.5. The van der Waals surface area contributed by atoms with Gasteiger partial charge in [-0.2, -0.15) is 0 Å². The van der Waals surface area contributed by atoms with Crippen molar-refractivity contribution in [1.82, 2.24) is 0 Å². The summed E-state index contributed by atoms with van der Waals surface area (Å²) in [5.74, 6) is 2.75. The molecule has 14 unspecified atom stereocenters. The zero-order chi connectivity index (χ0) is 46.4. The van der Waals surface area contributed by atoms with Gasteiger partial charge in [-0.1, -0.05) is 83.1 Å². The Morgan fingerprint density at radius 1 is 0.226 bits per heavy atom. The van der Waals surface area contributed by atoms with Crippen LogP contribution in [0.1, 0.15) is 138 Å². The summed E-state index contributed by atoms with van der Waals surface area (Å²) in [7, 11) is 0. The van der Waals surface area contributed by atoms with E-state index in [9.17, 15) is 10.2 Å².